The fourth-order valence-corrected chi connectivity index (χ4v) is 1.80. The lowest BCUT2D eigenvalue weighted by atomic mass is 10.2. The van der Waals surface area contributed by atoms with Gasteiger partial charge in [-0.05, 0) is 30.3 Å². The zero-order chi connectivity index (χ0) is 12.5. The van der Waals surface area contributed by atoms with Gasteiger partial charge in [0, 0.05) is 11.9 Å². The molecule has 2 heterocycles. The number of hydrogen-bond donors (Lipinski definition) is 1. The van der Waals surface area contributed by atoms with Gasteiger partial charge in [-0.25, -0.2) is 9.97 Å². The Balaban J connectivity index is 2.33. The van der Waals surface area contributed by atoms with Gasteiger partial charge in [0.05, 0.1) is 10.9 Å². The molecule has 0 aliphatic heterocycles. The first kappa shape index (κ1) is 10.5. The molecule has 0 spiro atoms. The molecule has 0 aliphatic rings. The quantitative estimate of drug-likeness (QED) is 0.650. The smallest absolute Gasteiger partial charge is 0.267 e. The van der Waals surface area contributed by atoms with E-state index < -0.39 is 0 Å². The van der Waals surface area contributed by atoms with Crippen LogP contribution in [0.25, 0.3) is 16.7 Å². The van der Waals surface area contributed by atoms with E-state index in [0.717, 1.165) is 0 Å². The number of fused-ring (bicyclic) bond motifs is 1. The second-order valence-electron chi connectivity index (χ2n) is 3.88. The third-order valence-electron chi connectivity index (χ3n) is 2.68. The molecule has 0 aliphatic carbocycles. The van der Waals surface area contributed by atoms with Crippen LogP contribution in [-0.4, -0.2) is 14.5 Å². The average molecular weight is 238 g/mol. The molecular weight excluding hydrogens is 228 g/mol. The zero-order valence-electron chi connectivity index (χ0n) is 9.45. The van der Waals surface area contributed by atoms with Gasteiger partial charge in [-0.2, -0.15) is 0 Å². The Morgan fingerprint density at radius 2 is 2.00 bits per heavy atom. The molecule has 0 fully saturated rings. The second kappa shape index (κ2) is 3.96. The number of anilines is 1. The second-order valence-corrected chi connectivity index (χ2v) is 3.88. The minimum atomic E-state index is -0.175. The van der Waals surface area contributed by atoms with Gasteiger partial charge in [-0.15, -0.1) is 0 Å². The summed E-state index contributed by atoms with van der Waals surface area (Å²) >= 11 is 0. The zero-order valence-corrected chi connectivity index (χ0v) is 9.45. The van der Waals surface area contributed by atoms with Crippen molar-refractivity contribution < 1.29 is 0 Å². The van der Waals surface area contributed by atoms with Gasteiger partial charge >= 0.3 is 0 Å². The van der Waals surface area contributed by atoms with Crippen LogP contribution in [0.3, 0.4) is 0 Å². The van der Waals surface area contributed by atoms with Gasteiger partial charge in [0.1, 0.15) is 12.1 Å². The molecule has 0 atom stereocenters. The summed E-state index contributed by atoms with van der Waals surface area (Å²) in [5.74, 6) is 0.541. The van der Waals surface area contributed by atoms with Crippen molar-refractivity contribution in [1.29, 1.82) is 0 Å². The lowest BCUT2D eigenvalue weighted by Crippen LogP contribution is -2.19. The lowest BCUT2D eigenvalue weighted by Gasteiger charge is -2.05. The molecule has 5 nitrogen and oxygen atoms in total. The highest BCUT2D eigenvalue weighted by Crippen LogP contribution is 2.12. The first-order valence-corrected chi connectivity index (χ1v) is 5.44. The van der Waals surface area contributed by atoms with Crippen molar-refractivity contribution in [3.8, 4) is 5.82 Å². The Kier molecular flexibility index (Phi) is 2.30. The molecule has 0 radical (unpaired) electrons. The summed E-state index contributed by atoms with van der Waals surface area (Å²) in [7, 11) is 0. The van der Waals surface area contributed by atoms with Crippen molar-refractivity contribution in [1.82, 2.24) is 14.5 Å². The molecular formula is C13H10N4O. The first-order valence-electron chi connectivity index (χ1n) is 5.44. The molecule has 5 heteroatoms. The van der Waals surface area contributed by atoms with E-state index in [1.54, 1.807) is 36.5 Å². The number of hydrogen-bond acceptors (Lipinski definition) is 4. The fourth-order valence-electron chi connectivity index (χ4n) is 1.80. The third kappa shape index (κ3) is 1.62. The number of pyridine rings is 1. The van der Waals surface area contributed by atoms with E-state index in [1.165, 1.54) is 10.9 Å². The Morgan fingerprint density at radius 3 is 2.78 bits per heavy atom. The van der Waals surface area contributed by atoms with Gasteiger partial charge in [-0.1, -0.05) is 6.07 Å². The van der Waals surface area contributed by atoms with Crippen molar-refractivity contribution >= 4 is 16.6 Å². The maximum absolute atomic E-state index is 12.3. The predicted molar refractivity (Wildman–Crippen MR) is 69.5 cm³/mol. The van der Waals surface area contributed by atoms with Gasteiger partial charge in [-0.3, -0.25) is 9.36 Å². The van der Waals surface area contributed by atoms with E-state index in [4.69, 9.17) is 5.73 Å². The van der Waals surface area contributed by atoms with Crippen molar-refractivity contribution in [2.75, 3.05) is 5.73 Å². The predicted octanol–water partition coefficient (Wildman–Crippen LogP) is 1.36. The van der Waals surface area contributed by atoms with Gasteiger partial charge in [0.2, 0.25) is 0 Å². The lowest BCUT2D eigenvalue weighted by molar-refractivity contribution is 0.920. The molecule has 2 aromatic heterocycles. The van der Waals surface area contributed by atoms with Crippen LogP contribution in [0.2, 0.25) is 0 Å². The normalized spacial score (nSPS) is 10.7. The highest BCUT2D eigenvalue weighted by atomic mass is 16.1. The molecule has 3 aromatic rings. The molecule has 0 saturated heterocycles. The Bertz CT molecular complexity index is 765. The van der Waals surface area contributed by atoms with Gasteiger partial charge in [0.15, 0.2) is 0 Å². The van der Waals surface area contributed by atoms with Crippen LogP contribution >= 0.6 is 0 Å². The molecule has 0 saturated carbocycles. The van der Waals surface area contributed by atoms with E-state index in [1.807, 2.05) is 6.07 Å². The number of aromatic nitrogens is 3. The average Bonchev–Trinajstić information content (AvgIpc) is 2.41. The number of benzene rings is 1. The SMILES string of the molecule is Nc1ccc2ncn(-c3ccccn3)c(=O)c2c1. The first-order chi connectivity index (χ1) is 8.75. The van der Waals surface area contributed by atoms with Crippen molar-refractivity contribution in [3.05, 3.63) is 59.3 Å². The minimum absolute atomic E-state index is 0.175. The minimum Gasteiger partial charge on any atom is -0.399 e. The van der Waals surface area contributed by atoms with E-state index in [2.05, 4.69) is 9.97 Å². The molecule has 2 N–H and O–H groups in total. The van der Waals surface area contributed by atoms with Crippen LogP contribution in [0.5, 0.6) is 0 Å². The Labute approximate surface area is 103 Å². The van der Waals surface area contributed by atoms with Crippen molar-refractivity contribution in [3.63, 3.8) is 0 Å². The van der Waals surface area contributed by atoms with Crippen LogP contribution < -0.4 is 11.3 Å². The molecule has 88 valence electrons. The highest BCUT2D eigenvalue weighted by Gasteiger charge is 2.06. The van der Waals surface area contributed by atoms with Gasteiger partial charge in [0.25, 0.3) is 5.56 Å². The van der Waals surface area contributed by atoms with E-state index in [0.29, 0.717) is 22.4 Å². The number of rotatable bonds is 1. The van der Waals surface area contributed by atoms with E-state index in [-0.39, 0.29) is 5.56 Å². The maximum atomic E-state index is 12.3. The molecule has 0 amide bonds. The largest absolute Gasteiger partial charge is 0.399 e. The van der Waals surface area contributed by atoms with Crippen molar-refractivity contribution in [2.45, 2.75) is 0 Å². The molecule has 3 rings (SSSR count). The number of nitrogen functional groups attached to an aromatic ring is 1. The van der Waals surface area contributed by atoms with Gasteiger partial charge < -0.3 is 5.73 Å². The summed E-state index contributed by atoms with van der Waals surface area (Å²) in [6.07, 6.45) is 3.11. The standard InChI is InChI=1S/C13H10N4O/c14-9-4-5-11-10(7-9)13(18)17(8-16-11)12-3-1-2-6-15-12/h1-8H,14H2. The van der Waals surface area contributed by atoms with Crippen LogP contribution in [0.1, 0.15) is 0 Å². The van der Waals surface area contributed by atoms with Crippen LogP contribution in [0.4, 0.5) is 5.69 Å². The Hall–Kier alpha value is -2.69. The third-order valence-corrected chi connectivity index (χ3v) is 2.68. The van der Waals surface area contributed by atoms with Crippen LogP contribution in [0.15, 0.2) is 53.7 Å². The topological polar surface area (TPSA) is 73.8 Å². The molecule has 1 aromatic carbocycles. The fraction of sp³-hybridized carbons (Fsp3) is 0. The summed E-state index contributed by atoms with van der Waals surface area (Å²) in [4.78, 5) is 20.7. The maximum Gasteiger partial charge on any atom is 0.267 e. The molecule has 0 unspecified atom stereocenters. The molecule has 18 heavy (non-hydrogen) atoms. The monoisotopic (exact) mass is 238 g/mol. The summed E-state index contributed by atoms with van der Waals surface area (Å²) in [5, 5.41) is 0.489. The van der Waals surface area contributed by atoms with E-state index in [9.17, 15) is 4.79 Å². The summed E-state index contributed by atoms with van der Waals surface area (Å²) in [5.41, 5.74) is 6.68. The van der Waals surface area contributed by atoms with Crippen LogP contribution in [-0.2, 0) is 0 Å². The van der Waals surface area contributed by atoms with E-state index >= 15 is 0 Å². The number of nitrogens with zero attached hydrogens (tertiary/aromatic N) is 3. The Morgan fingerprint density at radius 1 is 1.11 bits per heavy atom. The van der Waals surface area contributed by atoms with Crippen LogP contribution in [0, 0.1) is 0 Å². The summed E-state index contributed by atoms with van der Waals surface area (Å²) in [6, 6.07) is 10.4. The highest BCUT2D eigenvalue weighted by molar-refractivity contribution is 5.80. The summed E-state index contributed by atoms with van der Waals surface area (Å²) in [6.45, 7) is 0. The summed E-state index contributed by atoms with van der Waals surface area (Å²) < 4.78 is 1.40. The number of nitrogens with two attached hydrogens (primary N) is 1. The molecule has 0 bridgehead atoms. The van der Waals surface area contributed by atoms with Crippen molar-refractivity contribution in [2.24, 2.45) is 0 Å².